The molecule has 0 radical (unpaired) electrons. The molecule has 0 spiro atoms. The van der Waals surface area contributed by atoms with E-state index in [0.717, 1.165) is 32.7 Å². The van der Waals surface area contributed by atoms with Crippen LogP contribution in [-0.2, 0) is 4.74 Å². The molecule has 1 atom stereocenters. The Morgan fingerprint density at radius 1 is 1.40 bits per heavy atom. The van der Waals surface area contributed by atoms with Crippen molar-refractivity contribution in [1.82, 2.24) is 5.32 Å². The van der Waals surface area contributed by atoms with Gasteiger partial charge in [0.15, 0.2) is 0 Å². The zero-order chi connectivity index (χ0) is 14.2. The van der Waals surface area contributed by atoms with Crippen LogP contribution < -0.4 is 10.1 Å². The van der Waals surface area contributed by atoms with Gasteiger partial charge in [-0.2, -0.15) is 0 Å². The zero-order valence-electron chi connectivity index (χ0n) is 11.4. The van der Waals surface area contributed by atoms with Gasteiger partial charge in [-0.3, -0.25) is 10.1 Å². The van der Waals surface area contributed by atoms with Crippen LogP contribution in [-0.4, -0.2) is 37.8 Å². The molecule has 1 aromatic rings. The fourth-order valence-corrected chi connectivity index (χ4v) is 2.18. The van der Waals surface area contributed by atoms with Crippen molar-refractivity contribution in [3.8, 4) is 5.75 Å². The Bertz CT molecular complexity index is 416. The highest BCUT2D eigenvalue weighted by molar-refractivity contribution is 5.35. The van der Waals surface area contributed by atoms with Crippen LogP contribution in [0, 0.1) is 16.0 Å². The Hall–Kier alpha value is -1.66. The Kier molecular flexibility index (Phi) is 5.76. The molecule has 20 heavy (non-hydrogen) atoms. The van der Waals surface area contributed by atoms with E-state index in [0.29, 0.717) is 18.3 Å². The van der Waals surface area contributed by atoms with E-state index in [1.165, 1.54) is 18.6 Å². The zero-order valence-corrected chi connectivity index (χ0v) is 11.4. The predicted octanol–water partition coefficient (Wildman–Crippen LogP) is 1.99. The average Bonchev–Trinajstić information content (AvgIpc) is 2.48. The number of hydrogen-bond donors (Lipinski definition) is 1. The first-order chi connectivity index (χ1) is 9.75. The van der Waals surface area contributed by atoms with E-state index in [9.17, 15) is 10.1 Å². The smallest absolute Gasteiger partial charge is 0.269 e. The molecular formula is C14H20N2O4. The van der Waals surface area contributed by atoms with Gasteiger partial charge in [-0.1, -0.05) is 0 Å². The molecular weight excluding hydrogens is 260 g/mol. The molecule has 1 unspecified atom stereocenters. The second kappa shape index (κ2) is 7.81. The van der Waals surface area contributed by atoms with Crippen LogP contribution in [0.2, 0.25) is 0 Å². The molecule has 0 amide bonds. The first-order valence-electron chi connectivity index (χ1n) is 6.91. The number of hydrogen-bond acceptors (Lipinski definition) is 5. The van der Waals surface area contributed by atoms with Crippen molar-refractivity contribution in [2.75, 3.05) is 32.9 Å². The van der Waals surface area contributed by atoms with Crippen molar-refractivity contribution in [3.63, 3.8) is 0 Å². The summed E-state index contributed by atoms with van der Waals surface area (Å²) in [7, 11) is 0. The molecule has 1 heterocycles. The van der Waals surface area contributed by atoms with Gasteiger partial charge in [-0.15, -0.1) is 0 Å². The van der Waals surface area contributed by atoms with Gasteiger partial charge in [0.1, 0.15) is 12.4 Å². The van der Waals surface area contributed by atoms with Crippen LogP contribution in [0.25, 0.3) is 0 Å². The van der Waals surface area contributed by atoms with E-state index < -0.39 is 4.92 Å². The summed E-state index contributed by atoms with van der Waals surface area (Å²) >= 11 is 0. The number of non-ortho nitro benzene ring substituents is 1. The van der Waals surface area contributed by atoms with Crippen molar-refractivity contribution in [1.29, 1.82) is 0 Å². The lowest BCUT2D eigenvalue weighted by Gasteiger charge is -2.22. The highest BCUT2D eigenvalue weighted by Gasteiger charge is 2.12. The van der Waals surface area contributed by atoms with E-state index in [-0.39, 0.29) is 5.69 Å². The lowest BCUT2D eigenvalue weighted by atomic mass is 10.0. The third-order valence-electron chi connectivity index (χ3n) is 3.28. The van der Waals surface area contributed by atoms with E-state index in [1.807, 2.05) is 0 Å². The van der Waals surface area contributed by atoms with Crippen LogP contribution in [0.4, 0.5) is 5.69 Å². The second-order valence-corrected chi connectivity index (χ2v) is 4.89. The van der Waals surface area contributed by atoms with Crippen molar-refractivity contribution < 1.29 is 14.4 Å². The molecule has 1 aliphatic heterocycles. The first kappa shape index (κ1) is 14.7. The third-order valence-corrected chi connectivity index (χ3v) is 3.28. The second-order valence-electron chi connectivity index (χ2n) is 4.89. The Balaban J connectivity index is 1.59. The lowest BCUT2D eigenvalue weighted by molar-refractivity contribution is -0.384. The average molecular weight is 280 g/mol. The Morgan fingerprint density at radius 3 is 2.85 bits per heavy atom. The number of benzene rings is 1. The summed E-state index contributed by atoms with van der Waals surface area (Å²) in [5, 5.41) is 13.8. The van der Waals surface area contributed by atoms with Crippen LogP contribution in [0.1, 0.15) is 12.8 Å². The molecule has 0 bridgehead atoms. The van der Waals surface area contributed by atoms with Gasteiger partial charge in [0, 0.05) is 31.8 Å². The summed E-state index contributed by atoms with van der Waals surface area (Å²) < 4.78 is 10.9. The maximum absolute atomic E-state index is 10.5. The number of rotatable bonds is 7. The summed E-state index contributed by atoms with van der Waals surface area (Å²) in [5.41, 5.74) is 0.0766. The predicted molar refractivity (Wildman–Crippen MR) is 75.0 cm³/mol. The van der Waals surface area contributed by atoms with Gasteiger partial charge < -0.3 is 14.8 Å². The SMILES string of the molecule is O=[N+]([O-])c1ccc(OCCNCC2CCCOC2)cc1. The fourth-order valence-electron chi connectivity index (χ4n) is 2.18. The molecule has 6 heteroatoms. The van der Waals surface area contributed by atoms with Crippen LogP contribution in [0.15, 0.2) is 24.3 Å². The molecule has 6 nitrogen and oxygen atoms in total. The van der Waals surface area contributed by atoms with Gasteiger partial charge in [0.05, 0.1) is 11.5 Å². The molecule has 0 saturated carbocycles. The lowest BCUT2D eigenvalue weighted by Crippen LogP contribution is -2.31. The minimum atomic E-state index is -0.419. The fraction of sp³-hybridized carbons (Fsp3) is 0.571. The molecule has 0 aromatic heterocycles. The highest BCUT2D eigenvalue weighted by atomic mass is 16.6. The van der Waals surface area contributed by atoms with Gasteiger partial charge in [0.25, 0.3) is 5.69 Å². The largest absolute Gasteiger partial charge is 0.492 e. The monoisotopic (exact) mass is 280 g/mol. The molecule has 1 fully saturated rings. The van der Waals surface area contributed by atoms with Crippen LogP contribution in [0.5, 0.6) is 5.75 Å². The maximum atomic E-state index is 10.5. The maximum Gasteiger partial charge on any atom is 0.269 e. The number of ether oxygens (including phenoxy) is 2. The number of nitrogens with one attached hydrogen (secondary N) is 1. The van der Waals surface area contributed by atoms with Gasteiger partial charge in [-0.25, -0.2) is 0 Å². The first-order valence-corrected chi connectivity index (χ1v) is 6.91. The summed E-state index contributed by atoms with van der Waals surface area (Å²) in [6.07, 6.45) is 2.36. The molecule has 1 saturated heterocycles. The van der Waals surface area contributed by atoms with E-state index in [1.54, 1.807) is 12.1 Å². The molecule has 2 rings (SSSR count). The summed E-state index contributed by atoms with van der Waals surface area (Å²) in [4.78, 5) is 10.1. The highest BCUT2D eigenvalue weighted by Crippen LogP contribution is 2.17. The van der Waals surface area contributed by atoms with Gasteiger partial charge >= 0.3 is 0 Å². The summed E-state index contributed by atoms with van der Waals surface area (Å²) in [5.74, 6) is 1.25. The van der Waals surface area contributed by atoms with Crippen molar-refractivity contribution in [3.05, 3.63) is 34.4 Å². The number of nitro benzene ring substituents is 1. The van der Waals surface area contributed by atoms with Crippen molar-refractivity contribution in [2.45, 2.75) is 12.8 Å². The minimum Gasteiger partial charge on any atom is -0.492 e. The number of nitro groups is 1. The summed E-state index contributed by atoms with van der Waals surface area (Å²) in [6, 6.07) is 6.13. The topological polar surface area (TPSA) is 73.6 Å². The molecule has 1 N–H and O–H groups in total. The van der Waals surface area contributed by atoms with Gasteiger partial charge in [0.2, 0.25) is 0 Å². The quantitative estimate of drug-likeness (QED) is 0.470. The van der Waals surface area contributed by atoms with Crippen molar-refractivity contribution >= 4 is 5.69 Å². The molecule has 1 aliphatic rings. The molecule has 0 aliphatic carbocycles. The van der Waals surface area contributed by atoms with E-state index in [2.05, 4.69) is 5.32 Å². The van der Waals surface area contributed by atoms with Gasteiger partial charge in [-0.05, 0) is 30.9 Å². The Labute approximate surface area is 118 Å². The standard InChI is InChI=1S/C14H20N2O4/c17-16(18)13-3-5-14(6-4-13)20-9-7-15-10-12-2-1-8-19-11-12/h3-6,12,15H,1-2,7-11H2. The Morgan fingerprint density at radius 2 is 2.20 bits per heavy atom. The molecule has 1 aromatic carbocycles. The summed E-state index contributed by atoms with van der Waals surface area (Å²) in [6.45, 7) is 3.98. The van der Waals surface area contributed by atoms with E-state index >= 15 is 0 Å². The number of nitrogens with zero attached hydrogens (tertiary/aromatic N) is 1. The minimum absolute atomic E-state index is 0.0766. The van der Waals surface area contributed by atoms with Crippen LogP contribution >= 0.6 is 0 Å². The molecule has 110 valence electrons. The van der Waals surface area contributed by atoms with Crippen LogP contribution in [0.3, 0.4) is 0 Å². The normalized spacial score (nSPS) is 18.7. The third kappa shape index (κ3) is 4.79. The van der Waals surface area contributed by atoms with Crippen molar-refractivity contribution in [2.24, 2.45) is 5.92 Å². The van der Waals surface area contributed by atoms with E-state index in [4.69, 9.17) is 9.47 Å².